The first kappa shape index (κ1) is 38.2. The number of anilines is 2. The maximum Gasteiger partial charge on any atom is 0.142 e. The van der Waals surface area contributed by atoms with Gasteiger partial charge in [-0.25, -0.2) is 0 Å². The van der Waals surface area contributed by atoms with Crippen LogP contribution in [0.2, 0.25) is 0 Å². The van der Waals surface area contributed by atoms with Gasteiger partial charge in [-0.05, 0) is 196 Å². The number of hydrogen-bond donors (Lipinski definition) is 4. The lowest BCUT2D eigenvalue weighted by atomic mass is 9.39. The van der Waals surface area contributed by atoms with Crippen molar-refractivity contribution in [3.8, 4) is 34.5 Å². The molecule has 3 aromatic carbocycles. The van der Waals surface area contributed by atoms with Crippen LogP contribution in [0.1, 0.15) is 174 Å². The number of hydrogen-bond acceptors (Lipinski definition) is 6. The summed E-state index contributed by atoms with van der Waals surface area (Å²) < 4.78 is 14.6. The average Bonchev–Trinajstić information content (AvgIpc) is 3.07. The highest BCUT2D eigenvalue weighted by atomic mass is 16.5. The van der Waals surface area contributed by atoms with Gasteiger partial charge in [0, 0.05) is 45.1 Å². The molecule has 12 fully saturated rings. The van der Waals surface area contributed by atoms with Gasteiger partial charge in [-0.2, -0.15) is 0 Å². The molecular formula is C54H70N2O4. The molecule has 6 heteroatoms. The lowest BCUT2D eigenvalue weighted by Gasteiger charge is -2.66. The lowest BCUT2D eigenvalue weighted by molar-refractivity contribution is -0.111. The Morgan fingerprint density at radius 3 is 1.10 bits per heavy atom. The van der Waals surface area contributed by atoms with Gasteiger partial charge in [-0.3, -0.25) is 0 Å². The van der Waals surface area contributed by atoms with E-state index < -0.39 is 0 Å². The van der Waals surface area contributed by atoms with Gasteiger partial charge < -0.3 is 31.2 Å². The van der Waals surface area contributed by atoms with E-state index in [1.165, 1.54) is 74.5 Å². The van der Waals surface area contributed by atoms with Crippen molar-refractivity contribution in [1.29, 1.82) is 0 Å². The summed E-state index contributed by atoms with van der Waals surface area (Å²) in [4.78, 5) is 0. The first-order chi connectivity index (χ1) is 28.1. The molecule has 0 aliphatic heterocycles. The molecule has 0 spiro atoms. The van der Waals surface area contributed by atoms with Crippen LogP contribution in [0.4, 0.5) is 11.4 Å². The van der Waals surface area contributed by atoms with Crippen molar-refractivity contribution in [3.05, 3.63) is 59.2 Å². The summed E-state index contributed by atoms with van der Waals surface area (Å²) in [6.45, 7) is 15.2. The molecule has 12 aliphatic rings. The first-order valence-electron chi connectivity index (χ1n) is 23.9. The fourth-order valence-electron chi connectivity index (χ4n) is 20.7. The Kier molecular flexibility index (Phi) is 7.33. The Bertz CT molecular complexity index is 2310. The Balaban J connectivity index is 0.982. The maximum absolute atomic E-state index is 11.3. The van der Waals surface area contributed by atoms with Crippen molar-refractivity contribution >= 4 is 11.4 Å². The fraction of sp³-hybridized carbons (Fsp3) is 0.667. The van der Waals surface area contributed by atoms with Crippen LogP contribution in [0.15, 0.2) is 42.5 Å². The lowest BCUT2D eigenvalue weighted by Crippen LogP contribution is -2.57. The number of aromatic hydroxyl groups is 2. The molecule has 0 saturated heterocycles. The van der Waals surface area contributed by atoms with Gasteiger partial charge in [0.15, 0.2) is 0 Å². The molecule has 320 valence electrons. The molecule has 0 heterocycles. The van der Waals surface area contributed by atoms with E-state index in [1.54, 1.807) is 6.07 Å². The van der Waals surface area contributed by atoms with Crippen molar-refractivity contribution < 1.29 is 19.7 Å². The number of phenolic OH excluding ortho intramolecular Hbond substituents is 2. The third-order valence-electron chi connectivity index (χ3n) is 19.2. The van der Waals surface area contributed by atoms with Gasteiger partial charge >= 0.3 is 0 Å². The molecule has 60 heavy (non-hydrogen) atoms. The molecule has 6 atom stereocenters. The van der Waals surface area contributed by atoms with E-state index in [0.717, 1.165) is 80.8 Å². The predicted octanol–water partition coefficient (Wildman–Crippen LogP) is 13.6. The second-order valence-corrected chi connectivity index (χ2v) is 26.4. The van der Waals surface area contributed by atoms with Crippen LogP contribution in [0.5, 0.6) is 34.5 Å². The molecule has 15 rings (SSSR count). The molecule has 0 radical (unpaired) electrons. The van der Waals surface area contributed by atoms with Gasteiger partial charge in [0.2, 0.25) is 0 Å². The van der Waals surface area contributed by atoms with E-state index in [2.05, 4.69) is 71.9 Å². The zero-order valence-corrected chi connectivity index (χ0v) is 37.4. The Morgan fingerprint density at radius 1 is 0.417 bits per heavy atom. The van der Waals surface area contributed by atoms with E-state index >= 15 is 0 Å². The number of phenols is 2. The molecule has 0 amide bonds. The second kappa shape index (κ2) is 11.5. The van der Waals surface area contributed by atoms with Crippen LogP contribution in [0.25, 0.3) is 0 Å². The Hall–Kier alpha value is -3.54. The van der Waals surface area contributed by atoms with Crippen LogP contribution in [-0.4, -0.2) is 10.2 Å². The molecule has 6 N–H and O–H groups in total. The maximum atomic E-state index is 11.3. The summed E-state index contributed by atoms with van der Waals surface area (Å²) >= 11 is 0. The van der Waals surface area contributed by atoms with Crippen LogP contribution < -0.4 is 20.9 Å². The third kappa shape index (κ3) is 5.62. The highest BCUT2D eigenvalue weighted by molar-refractivity contribution is 5.64. The molecule has 6 nitrogen and oxygen atoms in total. The second-order valence-electron chi connectivity index (χ2n) is 26.4. The molecule has 0 aromatic heterocycles. The summed E-state index contributed by atoms with van der Waals surface area (Å²) in [6, 6.07) is 14.3. The molecule has 3 aromatic rings. The smallest absolute Gasteiger partial charge is 0.142 e. The number of rotatable bonds is 7. The number of benzene rings is 3. The third-order valence-corrected chi connectivity index (χ3v) is 19.2. The summed E-state index contributed by atoms with van der Waals surface area (Å²) in [5.74, 6) is 5.47. The van der Waals surface area contributed by atoms with Gasteiger partial charge in [0.1, 0.15) is 34.5 Å². The monoisotopic (exact) mass is 811 g/mol. The van der Waals surface area contributed by atoms with Crippen LogP contribution in [0.3, 0.4) is 0 Å². The number of nitrogen functional groups attached to an aromatic ring is 2. The minimum absolute atomic E-state index is 0.0198. The topological polar surface area (TPSA) is 111 Å². The Morgan fingerprint density at radius 2 is 0.750 bits per heavy atom. The fourth-order valence-corrected chi connectivity index (χ4v) is 20.7. The van der Waals surface area contributed by atoms with E-state index in [1.807, 2.05) is 6.07 Å². The highest BCUT2D eigenvalue weighted by Gasteiger charge is 2.64. The summed E-state index contributed by atoms with van der Waals surface area (Å²) in [5, 5.41) is 22.5. The molecular weight excluding hydrogens is 741 g/mol. The zero-order valence-electron chi connectivity index (χ0n) is 37.4. The van der Waals surface area contributed by atoms with Crippen LogP contribution in [-0.2, 0) is 16.2 Å². The predicted molar refractivity (Wildman–Crippen MR) is 239 cm³/mol. The van der Waals surface area contributed by atoms with E-state index in [9.17, 15) is 10.2 Å². The highest BCUT2D eigenvalue weighted by Crippen LogP contribution is 2.74. The zero-order chi connectivity index (χ0) is 41.7. The van der Waals surface area contributed by atoms with Crippen molar-refractivity contribution in [2.75, 3.05) is 11.5 Å². The molecule has 6 unspecified atom stereocenters. The average molecular weight is 811 g/mol. The van der Waals surface area contributed by atoms with Crippen LogP contribution >= 0.6 is 0 Å². The summed E-state index contributed by atoms with van der Waals surface area (Å²) in [5.41, 5.74) is 19.4. The summed E-state index contributed by atoms with van der Waals surface area (Å²) in [7, 11) is 0. The van der Waals surface area contributed by atoms with Gasteiger partial charge in [-0.15, -0.1) is 0 Å². The standard InChI is InChI=1S/C54H70N2O4/c1-46-14-32-15-47(2,23-46)27-52(20-32,26-46)36-9-35(59-44-12-41(57)39(55)10-37(44)53-21-33-16-48(3,28-53)24-49(4,17-33)29-53)7-8-43(36)60-45-13-42(58)40(56)11-38(45)54-22-34-18-50(5,30-54)25-51(6,19-34)31-54/h7-13,32-34,57-58H,14-31,55-56H2,1-6H3. The molecule has 12 aliphatic carbocycles. The quantitative estimate of drug-likeness (QED) is 0.140. The van der Waals surface area contributed by atoms with Crippen LogP contribution in [0, 0.1) is 50.2 Å². The van der Waals surface area contributed by atoms with Crippen molar-refractivity contribution in [3.63, 3.8) is 0 Å². The van der Waals surface area contributed by atoms with Crippen molar-refractivity contribution in [2.24, 2.45) is 50.2 Å². The normalized spacial score (nSPS) is 46.3. The SMILES string of the molecule is CC12CC3CC(C)(C1)CC(c1cc(N)c(O)cc1Oc1ccc(Oc4cc(O)c(N)cc4C45CC6CC(C)(CC(C)(C6)C4)C5)c(C45CC6CC(C)(CC(C)(C6)C4)C5)c1)(C3)C2. The van der Waals surface area contributed by atoms with E-state index in [4.69, 9.17) is 20.9 Å². The largest absolute Gasteiger partial charge is 0.506 e. The van der Waals surface area contributed by atoms with Gasteiger partial charge in [-0.1, -0.05) is 41.5 Å². The Labute approximate surface area is 358 Å². The first-order valence-corrected chi connectivity index (χ1v) is 23.9. The van der Waals surface area contributed by atoms with Crippen molar-refractivity contribution in [2.45, 2.75) is 173 Å². The van der Waals surface area contributed by atoms with Gasteiger partial charge in [0.25, 0.3) is 0 Å². The summed E-state index contributed by atoms with van der Waals surface area (Å²) in [6.07, 6.45) is 22.1. The molecule has 12 saturated carbocycles. The molecule has 12 bridgehead atoms. The minimum Gasteiger partial charge on any atom is -0.506 e. The number of nitrogens with two attached hydrogens (primary N) is 2. The van der Waals surface area contributed by atoms with E-state index in [-0.39, 0.29) is 38.6 Å². The van der Waals surface area contributed by atoms with E-state index in [0.29, 0.717) is 50.8 Å². The van der Waals surface area contributed by atoms with Crippen molar-refractivity contribution in [1.82, 2.24) is 0 Å². The minimum atomic E-state index is -0.0511. The number of ether oxygens (including phenoxy) is 2. The van der Waals surface area contributed by atoms with Gasteiger partial charge in [0.05, 0.1) is 11.4 Å².